The first-order valence-electron chi connectivity index (χ1n) is 7.09. The van der Waals surface area contributed by atoms with Gasteiger partial charge in [-0.2, -0.15) is 0 Å². The quantitative estimate of drug-likeness (QED) is 0.864. The molecule has 1 aromatic carbocycles. The molecule has 0 saturated carbocycles. The topological polar surface area (TPSA) is 34.1 Å². The summed E-state index contributed by atoms with van der Waals surface area (Å²) < 4.78 is 5.46. The van der Waals surface area contributed by atoms with Gasteiger partial charge in [-0.15, -0.1) is 0 Å². The fourth-order valence-corrected chi connectivity index (χ4v) is 2.24. The lowest BCUT2D eigenvalue weighted by atomic mass is 10.0. The minimum absolute atomic E-state index is 0.286. The average molecular weight is 270 g/mol. The lowest BCUT2D eigenvalue weighted by Crippen LogP contribution is -2.22. The highest BCUT2D eigenvalue weighted by Gasteiger charge is 2.11. The fraction of sp³-hybridized carbons (Fsp3) is 0.353. The van der Waals surface area contributed by atoms with E-state index in [2.05, 4.69) is 36.3 Å². The molecular weight excluding hydrogens is 248 g/mol. The molecule has 1 heterocycles. The van der Waals surface area contributed by atoms with Crippen molar-refractivity contribution in [1.82, 2.24) is 10.3 Å². The summed E-state index contributed by atoms with van der Waals surface area (Å²) >= 11 is 0. The number of aromatic nitrogens is 1. The molecule has 1 N–H and O–H groups in total. The zero-order valence-electron chi connectivity index (χ0n) is 12.3. The maximum atomic E-state index is 5.46. The minimum Gasteiger partial charge on any atom is -0.494 e. The molecular formula is C17H22N2O. The summed E-state index contributed by atoms with van der Waals surface area (Å²) in [7, 11) is 0. The van der Waals surface area contributed by atoms with E-state index < -0.39 is 0 Å². The molecule has 3 nitrogen and oxygen atoms in total. The van der Waals surface area contributed by atoms with Crippen LogP contribution in [0, 0.1) is 0 Å². The summed E-state index contributed by atoms with van der Waals surface area (Å²) in [5.41, 5.74) is 2.51. The molecule has 0 amide bonds. The second-order valence-corrected chi connectivity index (χ2v) is 4.89. The van der Waals surface area contributed by atoms with Gasteiger partial charge in [0.05, 0.1) is 6.61 Å². The Kier molecular flexibility index (Phi) is 5.13. The first-order valence-corrected chi connectivity index (χ1v) is 7.09. The number of pyridine rings is 1. The number of rotatable bonds is 6. The van der Waals surface area contributed by atoms with Gasteiger partial charge in [0.1, 0.15) is 5.75 Å². The van der Waals surface area contributed by atoms with Gasteiger partial charge in [-0.3, -0.25) is 4.98 Å². The molecule has 0 radical (unpaired) electrons. The number of ether oxygens (including phenoxy) is 1. The Labute approximate surface area is 121 Å². The molecule has 3 heteroatoms. The summed E-state index contributed by atoms with van der Waals surface area (Å²) in [5, 5.41) is 3.60. The fourth-order valence-electron chi connectivity index (χ4n) is 2.24. The standard InChI is InChI=1S/C17H22N2O/c1-4-20-17-7-5-15(6-8-17)13(2)19-14(3)16-9-11-18-12-10-16/h5-14,19H,4H2,1-3H3/t13?,14-/m1/s1. The SMILES string of the molecule is CCOc1ccc(C(C)N[C@H](C)c2ccncc2)cc1. The maximum Gasteiger partial charge on any atom is 0.119 e. The monoisotopic (exact) mass is 270 g/mol. The molecule has 2 rings (SSSR count). The second-order valence-electron chi connectivity index (χ2n) is 4.89. The first-order chi connectivity index (χ1) is 9.70. The molecule has 0 spiro atoms. The molecule has 0 aliphatic rings. The van der Waals surface area contributed by atoms with Gasteiger partial charge in [-0.05, 0) is 56.2 Å². The van der Waals surface area contributed by atoms with Crippen LogP contribution < -0.4 is 10.1 Å². The van der Waals surface area contributed by atoms with Crippen molar-refractivity contribution in [2.24, 2.45) is 0 Å². The second kappa shape index (κ2) is 7.06. The van der Waals surface area contributed by atoms with E-state index in [1.54, 1.807) is 0 Å². The first kappa shape index (κ1) is 14.5. The number of hydrogen-bond donors (Lipinski definition) is 1. The van der Waals surface area contributed by atoms with Gasteiger partial charge in [0.25, 0.3) is 0 Å². The highest BCUT2D eigenvalue weighted by atomic mass is 16.5. The van der Waals surface area contributed by atoms with Crippen molar-refractivity contribution >= 4 is 0 Å². The van der Waals surface area contributed by atoms with Gasteiger partial charge in [-0.1, -0.05) is 12.1 Å². The molecule has 0 aliphatic carbocycles. The largest absolute Gasteiger partial charge is 0.494 e. The van der Waals surface area contributed by atoms with Crippen molar-refractivity contribution in [3.05, 3.63) is 59.9 Å². The van der Waals surface area contributed by atoms with E-state index in [-0.39, 0.29) is 6.04 Å². The molecule has 0 bridgehead atoms. The van der Waals surface area contributed by atoms with E-state index in [0.717, 1.165) is 5.75 Å². The van der Waals surface area contributed by atoms with E-state index in [9.17, 15) is 0 Å². The number of nitrogens with zero attached hydrogens (tertiary/aromatic N) is 1. The summed E-state index contributed by atoms with van der Waals surface area (Å²) in [5.74, 6) is 0.922. The van der Waals surface area contributed by atoms with Crippen molar-refractivity contribution < 1.29 is 4.74 Å². The molecule has 2 aromatic rings. The molecule has 20 heavy (non-hydrogen) atoms. The van der Waals surface area contributed by atoms with E-state index in [4.69, 9.17) is 4.74 Å². The smallest absolute Gasteiger partial charge is 0.119 e. The Morgan fingerprint density at radius 2 is 1.50 bits per heavy atom. The third kappa shape index (κ3) is 3.81. The van der Waals surface area contributed by atoms with Gasteiger partial charge in [0.15, 0.2) is 0 Å². The number of hydrogen-bond acceptors (Lipinski definition) is 3. The van der Waals surface area contributed by atoms with Crippen molar-refractivity contribution in [2.75, 3.05) is 6.61 Å². The molecule has 1 aromatic heterocycles. The van der Waals surface area contributed by atoms with Crippen LogP contribution in [-0.4, -0.2) is 11.6 Å². The van der Waals surface area contributed by atoms with Crippen molar-refractivity contribution in [3.8, 4) is 5.75 Å². The van der Waals surface area contributed by atoms with Crippen LogP contribution in [0.15, 0.2) is 48.8 Å². The molecule has 106 valence electrons. The van der Waals surface area contributed by atoms with Gasteiger partial charge in [0.2, 0.25) is 0 Å². The zero-order valence-corrected chi connectivity index (χ0v) is 12.3. The highest BCUT2D eigenvalue weighted by Crippen LogP contribution is 2.21. The maximum absolute atomic E-state index is 5.46. The van der Waals surface area contributed by atoms with Crippen LogP contribution in [0.2, 0.25) is 0 Å². The Morgan fingerprint density at radius 1 is 0.950 bits per heavy atom. The van der Waals surface area contributed by atoms with Gasteiger partial charge in [-0.25, -0.2) is 0 Å². The van der Waals surface area contributed by atoms with Crippen LogP contribution in [0.5, 0.6) is 5.75 Å². The van der Waals surface area contributed by atoms with Crippen LogP contribution in [0.1, 0.15) is 44.0 Å². The van der Waals surface area contributed by atoms with Crippen LogP contribution in [0.25, 0.3) is 0 Å². The third-order valence-electron chi connectivity index (χ3n) is 3.40. The van der Waals surface area contributed by atoms with Crippen LogP contribution >= 0.6 is 0 Å². The number of benzene rings is 1. The summed E-state index contributed by atoms with van der Waals surface area (Å²) in [4.78, 5) is 4.05. The average Bonchev–Trinajstić information content (AvgIpc) is 2.49. The van der Waals surface area contributed by atoms with Crippen LogP contribution in [0.4, 0.5) is 0 Å². The lowest BCUT2D eigenvalue weighted by molar-refractivity contribution is 0.340. The Bertz CT molecular complexity index is 510. The normalized spacial score (nSPS) is 13.8. The third-order valence-corrected chi connectivity index (χ3v) is 3.40. The molecule has 2 atom stereocenters. The van der Waals surface area contributed by atoms with Crippen LogP contribution in [-0.2, 0) is 0 Å². The predicted molar refractivity (Wildman–Crippen MR) is 81.8 cm³/mol. The van der Waals surface area contributed by atoms with Gasteiger partial charge >= 0.3 is 0 Å². The van der Waals surface area contributed by atoms with Crippen molar-refractivity contribution in [2.45, 2.75) is 32.9 Å². The Morgan fingerprint density at radius 3 is 2.05 bits per heavy atom. The van der Waals surface area contributed by atoms with Gasteiger partial charge in [0, 0.05) is 24.5 Å². The predicted octanol–water partition coefficient (Wildman–Crippen LogP) is 3.89. The summed E-state index contributed by atoms with van der Waals surface area (Å²) in [6.45, 7) is 7.04. The summed E-state index contributed by atoms with van der Waals surface area (Å²) in [6.07, 6.45) is 3.66. The molecule has 0 aliphatic heterocycles. The van der Waals surface area contributed by atoms with Crippen LogP contribution in [0.3, 0.4) is 0 Å². The van der Waals surface area contributed by atoms with E-state index in [1.165, 1.54) is 11.1 Å². The van der Waals surface area contributed by atoms with E-state index in [1.807, 2.05) is 43.6 Å². The lowest BCUT2D eigenvalue weighted by Gasteiger charge is -2.21. The summed E-state index contributed by atoms with van der Waals surface area (Å²) in [6, 6.07) is 12.9. The number of nitrogens with one attached hydrogen (secondary N) is 1. The highest BCUT2D eigenvalue weighted by molar-refractivity contribution is 5.29. The van der Waals surface area contributed by atoms with Crippen molar-refractivity contribution in [3.63, 3.8) is 0 Å². The Hall–Kier alpha value is -1.87. The van der Waals surface area contributed by atoms with Crippen molar-refractivity contribution in [1.29, 1.82) is 0 Å². The molecule has 0 fully saturated rings. The zero-order chi connectivity index (χ0) is 14.4. The van der Waals surface area contributed by atoms with E-state index in [0.29, 0.717) is 12.6 Å². The Balaban J connectivity index is 1.99. The van der Waals surface area contributed by atoms with E-state index >= 15 is 0 Å². The molecule has 1 unspecified atom stereocenters. The molecule has 0 saturated heterocycles. The minimum atomic E-state index is 0.286. The van der Waals surface area contributed by atoms with Gasteiger partial charge < -0.3 is 10.1 Å².